The Balaban J connectivity index is 2.32. The van der Waals surface area contributed by atoms with Crippen LogP contribution in [0.1, 0.15) is 0 Å². The average molecular weight is 304 g/mol. The normalized spacial score (nSPS) is 10.9. The summed E-state index contributed by atoms with van der Waals surface area (Å²) < 4.78 is 12.8. The monoisotopic (exact) mass is 303 g/mol. The first-order valence-electron chi connectivity index (χ1n) is 6.34. The molecule has 0 saturated carbocycles. The molecule has 3 rings (SSSR count). The van der Waals surface area contributed by atoms with Gasteiger partial charge in [-0.1, -0.05) is 11.6 Å². The molecule has 0 fully saturated rings. The fourth-order valence-electron chi connectivity index (χ4n) is 2.43. The van der Waals surface area contributed by atoms with Gasteiger partial charge in [-0.05, 0) is 18.2 Å². The molecule has 3 aromatic heterocycles. The number of halogens is 1. The van der Waals surface area contributed by atoms with E-state index in [1.165, 1.54) is 0 Å². The third-order valence-electron chi connectivity index (χ3n) is 3.44. The zero-order valence-electron chi connectivity index (χ0n) is 11.9. The number of aromatic nitrogens is 3. The Labute approximate surface area is 127 Å². The minimum Gasteiger partial charge on any atom is -0.496 e. The highest BCUT2D eigenvalue weighted by atomic mass is 35.5. The van der Waals surface area contributed by atoms with E-state index in [2.05, 4.69) is 9.97 Å². The van der Waals surface area contributed by atoms with E-state index in [9.17, 15) is 0 Å². The van der Waals surface area contributed by atoms with Gasteiger partial charge in [0.25, 0.3) is 0 Å². The van der Waals surface area contributed by atoms with Crippen molar-refractivity contribution in [2.45, 2.75) is 0 Å². The van der Waals surface area contributed by atoms with Crippen LogP contribution in [-0.4, -0.2) is 28.8 Å². The van der Waals surface area contributed by atoms with Crippen molar-refractivity contribution >= 4 is 22.5 Å². The Bertz CT molecular complexity index is 792. The van der Waals surface area contributed by atoms with Gasteiger partial charge in [0.2, 0.25) is 5.88 Å². The predicted molar refractivity (Wildman–Crippen MR) is 82.1 cm³/mol. The molecule has 108 valence electrons. The third-order valence-corrected chi connectivity index (χ3v) is 3.65. The van der Waals surface area contributed by atoms with Crippen LogP contribution in [0, 0.1) is 0 Å². The molecule has 3 heterocycles. The predicted octanol–water partition coefficient (Wildman–Crippen LogP) is 3.31. The highest BCUT2D eigenvalue weighted by Crippen LogP contribution is 2.39. The van der Waals surface area contributed by atoms with E-state index < -0.39 is 0 Å². The lowest BCUT2D eigenvalue weighted by Gasteiger charge is -2.12. The summed E-state index contributed by atoms with van der Waals surface area (Å²) in [5.74, 6) is 1.21. The molecule has 0 bridgehead atoms. The Hall–Kier alpha value is -2.27. The number of hydrogen-bond donors (Lipinski definition) is 0. The summed E-state index contributed by atoms with van der Waals surface area (Å²) >= 11 is 5.96. The van der Waals surface area contributed by atoms with Crippen molar-refractivity contribution in [3.05, 3.63) is 35.7 Å². The van der Waals surface area contributed by atoms with Crippen LogP contribution in [0.5, 0.6) is 11.6 Å². The minimum atomic E-state index is 0.463. The van der Waals surface area contributed by atoms with Crippen molar-refractivity contribution < 1.29 is 9.47 Å². The van der Waals surface area contributed by atoms with Gasteiger partial charge in [-0.3, -0.25) is 0 Å². The maximum atomic E-state index is 5.96. The number of hydrogen-bond acceptors (Lipinski definition) is 4. The second kappa shape index (κ2) is 5.26. The smallest absolute Gasteiger partial charge is 0.226 e. The fraction of sp³-hybridized carbons (Fsp3) is 0.200. The topological polar surface area (TPSA) is 49.2 Å². The quantitative estimate of drug-likeness (QED) is 0.697. The molecular formula is C15H14ClN3O2. The Morgan fingerprint density at radius 3 is 2.67 bits per heavy atom. The molecule has 0 amide bonds. The molecule has 21 heavy (non-hydrogen) atoms. The first-order valence-corrected chi connectivity index (χ1v) is 6.72. The number of pyridine rings is 2. The van der Waals surface area contributed by atoms with Crippen molar-refractivity contribution in [1.82, 2.24) is 14.5 Å². The van der Waals surface area contributed by atoms with Gasteiger partial charge >= 0.3 is 0 Å². The largest absolute Gasteiger partial charge is 0.496 e. The van der Waals surface area contributed by atoms with Gasteiger partial charge in [0.15, 0.2) is 0 Å². The molecule has 0 aliphatic rings. The summed E-state index contributed by atoms with van der Waals surface area (Å²) in [7, 11) is 5.17. The van der Waals surface area contributed by atoms with E-state index in [-0.39, 0.29) is 0 Å². The second-order valence-corrected chi connectivity index (χ2v) is 4.94. The zero-order valence-corrected chi connectivity index (χ0v) is 12.7. The van der Waals surface area contributed by atoms with E-state index in [0.29, 0.717) is 16.8 Å². The van der Waals surface area contributed by atoms with Crippen molar-refractivity contribution in [3.63, 3.8) is 0 Å². The van der Waals surface area contributed by atoms with Crippen LogP contribution < -0.4 is 9.47 Å². The maximum Gasteiger partial charge on any atom is 0.226 e. The Morgan fingerprint density at radius 1 is 1.14 bits per heavy atom. The van der Waals surface area contributed by atoms with Gasteiger partial charge in [0.05, 0.1) is 31.6 Å². The van der Waals surface area contributed by atoms with E-state index in [1.54, 1.807) is 32.7 Å². The summed E-state index contributed by atoms with van der Waals surface area (Å²) in [6.45, 7) is 0. The summed E-state index contributed by atoms with van der Waals surface area (Å²) in [6.07, 6.45) is 3.40. The molecule has 5 nitrogen and oxygen atoms in total. The molecule has 6 heteroatoms. The summed E-state index contributed by atoms with van der Waals surface area (Å²) in [6, 6.07) is 5.65. The highest BCUT2D eigenvalue weighted by Gasteiger charge is 2.18. The Morgan fingerprint density at radius 2 is 1.95 bits per heavy atom. The molecule has 0 unspecified atom stereocenters. The maximum absolute atomic E-state index is 5.96. The molecule has 0 saturated heterocycles. The summed E-state index contributed by atoms with van der Waals surface area (Å²) in [5.41, 5.74) is 2.70. The molecule has 0 N–H and O–H groups in total. The molecule has 0 atom stereocenters. The number of rotatable bonds is 3. The molecular weight excluding hydrogens is 290 g/mol. The van der Waals surface area contributed by atoms with Gasteiger partial charge in [-0.25, -0.2) is 9.97 Å². The molecule has 0 radical (unpaired) electrons. The van der Waals surface area contributed by atoms with Crippen molar-refractivity contribution in [1.29, 1.82) is 0 Å². The average Bonchev–Trinajstić information content (AvgIpc) is 2.82. The first-order chi connectivity index (χ1) is 10.2. The van der Waals surface area contributed by atoms with Crippen molar-refractivity contribution in [2.24, 2.45) is 7.05 Å². The Kier molecular flexibility index (Phi) is 3.43. The zero-order chi connectivity index (χ0) is 15.0. The molecule has 0 spiro atoms. The number of ether oxygens (including phenoxy) is 2. The van der Waals surface area contributed by atoms with Crippen LogP contribution in [-0.2, 0) is 7.05 Å². The first kappa shape index (κ1) is 13.7. The lowest BCUT2D eigenvalue weighted by molar-refractivity contribution is 0.385. The van der Waals surface area contributed by atoms with Crippen molar-refractivity contribution in [3.8, 4) is 22.9 Å². The van der Waals surface area contributed by atoms with Crippen LogP contribution in [0.15, 0.2) is 30.6 Å². The van der Waals surface area contributed by atoms with Gasteiger partial charge in [0, 0.05) is 18.6 Å². The fourth-order valence-corrected chi connectivity index (χ4v) is 2.60. The number of aryl methyl sites for hydroxylation is 1. The van der Waals surface area contributed by atoms with Gasteiger partial charge in [-0.15, -0.1) is 0 Å². The van der Waals surface area contributed by atoms with Gasteiger partial charge in [0.1, 0.15) is 16.5 Å². The molecule has 0 aromatic carbocycles. The standard InChI is InChI=1S/C15H14ClN3O2/c1-19-10(6-9-7-13(16)18-8-11(9)19)14-12(20-2)4-5-17-15(14)21-3/h4-8H,1-3H3. The van der Waals surface area contributed by atoms with E-state index in [4.69, 9.17) is 21.1 Å². The molecule has 3 aromatic rings. The molecule has 0 aliphatic carbocycles. The van der Waals surface area contributed by atoms with Gasteiger partial charge in [-0.2, -0.15) is 0 Å². The third kappa shape index (κ3) is 2.19. The summed E-state index contributed by atoms with van der Waals surface area (Å²) in [5, 5.41) is 1.46. The van der Waals surface area contributed by atoms with E-state index >= 15 is 0 Å². The minimum absolute atomic E-state index is 0.463. The van der Waals surface area contributed by atoms with Crippen LogP contribution in [0.2, 0.25) is 5.15 Å². The van der Waals surface area contributed by atoms with E-state index in [0.717, 1.165) is 22.2 Å². The molecule has 0 aliphatic heterocycles. The second-order valence-electron chi connectivity index (χ2n) is 4.55. The number of nitrogens with zero attached hydrogens (tertiary/aromatic N) is 3. The van der Waals surface area contributed by atoms with E-state index in [1.807, 2.05) is 23.7 Å². The van der Waals surface area contributed by atoms with Crippen molar-refractivity contribution in [2.75, 3.05) is 14.2 Å². The van der Waals surface area contributed by atoms with Crippen LogP contribution in [0.25, 0.3) is 22.2 Å². The number of methoxy groups -OCH3 is 2. The highest BCUT2D eigenvalue weighted by molar-refractivity contribution is 6.30. The summed E-state index contributed by atoms with van der Waals surface area (Å²) in [4.78, 5) is 8.38. The van der Waals surface area contributed by atoms with Crippen LogP contribution >= 0.6 is 11.6 Å². The number of fused-ring (bicyclic) bond motifs is 1. The van der Waals surface area contributed by atoms with Crippen LogP contribution in [0.4, 0.5) is 0 Å². The van der Waals surface area contributed by atoms with Gasteiger partial charge < -0.3 is 14.0 Å². The lowest BCUT2D eigenvalue weighted by Crippen LogP contribution is -1.99. The van der Waals surface area contributed by atoms with Crippen LogP contribution in [0.3, 0.4) is 0 Å². The lowest BCUT2D eigenvalue weighted by atomic mass is 10.1. The SMILES string of the molecule is COc1ccnc(OC)c1-c1cc2cc(Cl)ncc2n1C.